The number of hydrogen-bond donors (Lipinski definition) is 1. The van der Waals surface area contributed by atoms with Gasteiger partial charge in [-0.2, -0.15) is 5.26 Å². The van der Waals surface area contributed by atoms with Crippen LogP contribution in [0.5, 0.6) is 0 Å². The highest BCUT2D eigenvalue weighted by Crippen LogP contribution is 2.23. The Morgan fingerprint density at radius 3 is 2.36 bits per heavy atom. The Bertz CT molecular complexity index is 276. The minimum atomic E-state index is -1.89. The molecule has 3 heteroatoms. The maximum Gasteiger partial charge on any atom is 0.253 e. The predicted octanol–water partition coefficient (Wildman–Crippen LogP) is 1.59. The molecule has 0 amide bonds. The molecular weight excluding hydrogens is 162 g/mol. The average molecular weight is 168 g/mol. The van der Waals surface area contributed by atoms with Gasteiger partial charge in [-0.15, -0.1) is 0 Å². The first-order valence-electron chi connectivity index (χ1n) is 3.05. The number of halogens is 1. The van der Waals surface area contributed by atoms with Gasteiger partial charge in [-0.1, -0.05) is 41.9 Å². The highest BCUT2D eigenvalue weighted by Gasteiger charge is 2.24. The first-order valence-corrected chi connectivity index (χ1v) is 3.42. The van der Waals surface area contributed by atoms with Gasteiger partial charge in [-0.05, 0) is 0 Å². The van der Waals surface area contributed by atoms with Crippen molar-refractivity contribution in [3.05, 3.63) is 35.9 Å². The molecule has 11 heavy (non-hydrogen) atoms. The highest BCUT2D eigenvalue weighted by molar-refractivity contribution is 6.24. The zero-order valence-corrected chi connectivity index (χ0v) is 6.42. The van der Waals surface area contributed by atoms with Crippen LogP contribution >= 0.6 is 11.6 Å². The first-order chi connectivity index (χ1) is 5.17. The molecule has 1 aromatic rings. The van der Waals surface area contributed by atoms with Crippen molar-refractivity contribution in [2.45, 2.75) is 5.06 Å². The summed E-state index contributed by atoms with van der Waals surface area (Å²) in [5.74, 6) is 0. The summed E-state index contributed by atoms with van der Waals surface area (Å²) >= 11 is 5.44. The maximum absolute atomic E-state index is 9.20. The summed E-state index contributed by atoms with van der Waals surface area (Å²) in [5, 5.41) is 15.7. The highest BCUT2D eigenvalue weighted by atomic mass is 35.5. The lowest BCUT2D eigenvalue weighted by Gasteiger charge is -2.10. The lowest BCUT2D eigenvalue weighted by Crippen LogP contribution is -2.13. The van der Waals surface area contributed by atoms with E-state index < -0.39 is 5.06 Å². The van der Waals surface area contributed by atoms with E-state index in [4.69, 9.17) is 16.9 Å². The molecule has 1 unspecified atom stereocenters. The SMILES string of the molecule is N#CC(O)(Cl)c1ccccc1. The number of benzene rings is 1. The monoisotopic (exact) mass is 167 g/mol. The summed E-state index contributed by atoms with van der Waals surface area (Å²) in [6, 6.07) is 9.97. The quantitative estimate of drug-likeness (QED) is 0.510. The first kappa shape index (κ1) is 8.06. The van der Waals surface area contributed by atoms with Crippen molar-refractivity contribution >= 4 is 11.6 Å². The third-order valence-electron chi connectivity index (χ3n) is 1.30. The van der Waals surface area contributed by atoms with Crippen molar-refractivity contribution in [3.63, 3.8) is 0 Å². The fourth-order valence-corrected chi connectivity index (χ4v) is 0.850. The third-order valence-corrected chi connectivity index (χ3v) is 1.61. The Balaban J connectivity index is 3.05. The van der Waals surface area contributed by atoms with Crippen LogP contribution in [0.2, 0.25) is 0 Å². The Morgan fingerprint density at radius 2 is 1.91 bits per heavy atom. The van der Waals surface area contributed by atoms with E-state index in [1.807, 2.05) is 0 Å². The minimum Gasteiger partial charge on any atom is -0.360 e. The van der Waals surface area contributed by atoms with Crippen LogP contribution < -0.4 is 0 Å². The topological polar surface area (TPSA) is 44.0 Å². The molecule has 0 aliphatic heterocycles. The van der Waals surface area contributed by atoms with Crippen molar-refractivity contribution in [2.24, 2.45) is 0 Å². The van der Waals surface area contributed by atoms with E-state index in [0.717, 1.165) is 0 Å². The molecule has 0 aliphatic rings. The van der Waals surface area contributed by atoms with Crippen molar-refractivity contribution in [1.82, 2.24) is 0 Å². The number of aliphatic hydroxyl groups is 1. The zero-order valence-electron chi connectivity index (χ0n) is 5.66. The van der Waals surface area contributed by atoms with Crippen LogP contribution in [0.1, 0.15) is 5.56 Å². The molecule has 0 saturated heterocycles. The van der Waals surface area contributed by atoms with Gasteiger partial charge < -0.3 is 5.11 Å². The second-order valence-electron chi connectivity index (χ2n) is 2.10. The summed E-state index contributed by atoms with van der Waals surface area (Å²) in [6.07, 6.45) is 0. The molecule has 1 N–H and O–H groups in total. The number of alkyl halides is 1. The zero-order chi connectivity index (χ0) is 8.32. The van der Waals surface area contributed by atoms with Crippen LogP contribution in [0.25, 0.3) is 0 Å². The maximum atomic E-state index is 9.20. The van der Waals surface area contributed by atoms with Gasteiger partial charge in [0.25, 0.3) is 5.06 Å². The average Bonchev–Trinajstić information content (AvgIpc) is 2.06. The van der Waals surface area contributed by atoms with Crippen LogP contribution in [0, 0.1) is 11.3 Å². The molecular formula is C8H6ClNO. The molecule has 0 heterocycles. The van der Waals surface area contributed by atoms with Crippen LogP contribution in [0.15, 0.2) is 30.3 Å². The molecule has 0 aromatic heterocycles. The molecule has 56 valence electrons. The lowest BCUT2D eigenvalue weighted by atomic mass is 10.1. The van der Waals surface area contributed by atoms with E-state index in [-0.39, 0.29) is 0 Å². The van der Waals surface area contributed by atoms with Crippen LogP contribution in [0.4, 0.5) is 0 Å². The van der Waals surface area contributed by atoms with E-state index in [2.05, 4.69) is 0 Å². The summed E-state index contributed by atoms with van der Waals surface area (Å²) in [6.45, 7) is 0. The van der Waals surface area contributed by atoms with Gasteiger partial charge in [0.05, 0.1) is 0 Å². The Labute approximate surface area is 69.7 Å². The molecule has 2 nitrogen and oxygen atoms in total. The number of nitrogens with zero attached hydrogens (tertiary/aromatic N) is 1. The lowest BCUT2D eigenvalue weighted by molar-refractivity contribution is 0.189. The van der Waals surface area contributed by atoms with E-state index in [1.165, 1.54) is 0 Å². The summed E-state index contributed by atoms with van der Waals surface area (Å²) in [7, 11) is 0. The smallest absolute Gasteiger partial charge is 0.253 e. The largest absolute Gasteiger partial charge is 0.360 e. The number of nitriles is 1. The summed E-state index contributed by atoms with van der Waals surface area (Å²) < 4.78 is 0. The van der Waals surface area contributed by atoms with Crippen molar-refractivity contribution in [3.8, 4) is 6.07 Å². The van der Waals surface area contributed by atoms with Gasteiger partial charge in [0.1, 0.15) is 6.07 Å². The standard InChI is InChI=1S/C8H6ClNO/c9-8(11,6-10)7-4-2-1-3-5-7/h1-5,11H. The summed E-state index contributed by atoms with van der Waals surface area (Å²) in [4.78, 5) is 0. The van der Waals surface area contributed by atoms with Gasteiger partial charge in [0.15, 0.2) is 0 Å². The van der Waals surface area contributed by atoms with Crippen LogP contribution in [-0.2, 0) is 5.06 Å². The van der Waals surface area contributed by atoms with Gasteiger partial charge in [-0.3, -0.25) is 0 Å². The Morgan fingerprint density at radius 1 is 1.36 bits per heavy atom. The molecule has 0 fully saturated rings. The van der Waals surface area contributed by atoms with Gasteiger partial charge in [-0.25, -0.2) is 0 Å². The van der Waals surface area contributed by atoms with Gasteiger partial charge >= 0.3 is 0 Å². The molecule has 0 radical (unpaired) electrons. The van der Waals surface area contributed by atoms with Crippen molar-refractivity contribution < 1.29 is 5.11 Å². The second-order valence-corrected chi connectivity index (χ2v) is 2.65. The molecule has 0 saturated carbocycles. The number of hydrogen-bond acceptors (Lipinski definition) is 2. The second kappa shape index (κ2) is 2.91. The Kier molecular flexibility index (Phi) is 2.13. The fraction of sp³-hybridized carbons (Fsp3) is 0.125. The molecule has 0 aliphatic carbocycles. The molecule has 0 spiro atoms. The molecule has 0 bridgehead atoms. The molecule has 1 rings (SSSR count). The molecule has 1 atom stereocenters. The Hall–Kier alpha value is -1.04. The van der Waals surface area contributed by atoms with Crippen molar-refractivity contribution in [1.29, 1.82) is 5.26 Å². The molecule has 1 aromatic carbocycles. The normalized spacial score (nSPS) is 15.0. The van der Waals surface area contributed by atoms with E-state index in [0.29, 0.717) is 5.56 Å². The van der Waals surface area contributed by atoms with E-state index in [1.54, 1.807) is 36.4 Å². The van der Waals surface area contributed by atoms with E-state index >= 15 is 0 Å². The fourth-order valence-electron chi connectivity index (χ4n) is 0.724. The predicted molar refractivity (Wildman–Crippen MR) is 41.8 cm³/mol. The van der Waals surface area contributed by atoms with Crippen LogP contribution in [0.3, 0.4) is 0 Å². The number of rotatable bonds is 1. The van der Waals surface area contributed by atoms with Crippen LogP contribution in [-0.4, -0.2) is 5.11 Å². The van der Waals surface area contributed by atoms with Crippen molar-refractivity contribution in [2.75, 3.05) is 0 Å². The van der Waals surface area contributed by atoms with E-state index in [9.17, 15) is 5.11 Å². The van der Waals surface area contributed by atoms with Gasteiger partial charge in [0.2, 0.25) is 0 Å². The third kappa shape index (κ3) is 1.70. The minimum absolute atomic E-state index is 0.393. The van der Waals surface area contributed by atoms with Gasteiger partial charge in [0, 0.05) is 5.56 Å². The summed E-state index contributed by atoms with van der Waals surface area (Å²) in [5.41, 5.74) is 0.393.